The standard InChI is InChI=1S/C12H24N2S/c1-4-6-8-11(7-5-2)14-12-13-10(3)9-15-12/h10-11H,4-9H2,1-3H3,(H,13,14). The van der Waals surface area contributed by atoms with Crippen molar-refractivity contribution in [1.82, 2.24) is 5.32 Å². The minimum atomic E-state index is 0.506. The molecule has 0 spiro atoms. The van der Waals surface area contributed by atoms with Gasteiger partial charge in [0.25, 0.3) is 0 Å². The van der Waals surface area contributed by atoms with Gasteiger partial charge in [-0.25, -0.2) is 0 Å². The average Bonchev–Trinajstić information content (AvgIpc) is 2.61. The summed E-state index contributed by atoms with van der Waals surface area (Å²) >= 11 is 1.88. The van der Waals surface area contributed by atoms with E-state index in [1.165, 1.54) is 37.3 Å². The van der Waals surface area contributed by atoms with Crippen molar-refractivity contribution < 1.29 is 0 Å². The van der Waals surface area contributed by atoms with Gasteiger partial charge in [-0.2, -0.15) is 0 Å². The van der Waals surface area contributed by atoms with Crippen molar-refractivity contribution in [2.75, 3.05) is 5.75 Å². The molecular weight excluding hydrogens is 204 g/mol. The van der Waals surface area contributed by atoms with Crippen molar-refractivity contribution in [2.45, 2.75) is 65.0 Å². The van der Waals surface area contributed by atoms with E-state index in [4.69, 9.17) is 0 Å². The lowest BCUT2D eigenvalue weighted by molar-refractivity contribution is 0.497. The van der Waals surface area contributed by atoms with E-state index in [9.17, 15) is 0 Å². The van der Waals surface area contributed by atoms with E-state index in [0.29, 0.717) is 12.1 Å². The van der Waals surface area contributed by atoms with Crippen molar-refractivity contribution in [3.05, 3.63) is 0 Å². The first-order valence-corrected chi connectivity index (χ1v) is 7.22. The summed E-state index contributed by atoms with van der Waals surface area (Å²) < 4.78 is 0. The van der Waals surface area contributed by atoms with E-state index >= 15 is 0 Å². The Morgan fingerprint density at radius 1 is 1.40 bits per heavy atom. The van der Waals surface area contributed by atoms with Gasteiger partial charge in [0.05, 0.1) is 6.04 Å². The van der Waals surface area contributed by atoms with Crippen LogP contribution < -0.4 is 5.32 Å². The second-order valence-electron chi connectivity index (χ2n) is 4.37. The fraction of sp³-hybridized carbons (Fsp3) is 0.917. The third kappa shape index (κ3) is 4.92. The van der Waals surface area contributed by atoms with E-state index in [0.717, 1.165) is 5.75 Å². The van der Waals surface area contributed by atoms with Crippen molar-refractivity contribution in [1.29, 1.82) is 0 Å². The number of hydrogen-bond donors (Lipinski definition) is 1. The molecule has 0 radical (unpaired) electrons. The van der Waals surface area contributed by atoms with E-state index in [1.807, 2.05) is 11.8 Å². The van der Waals surface area contributed by atoms with Crippen molar-refractivity contribution in [2.24, 2.45) is 4.99 Å². The zero-order valence-corrected chi connectivity index (χ0v) is 11.1. The summed E-state index contributed by atoms with van der Waals surface area (Å²) in [6, 6.07) is 1.15. The molecule has 3 heteroatoms. The second kappa shape index (κ2) is 7.15. The number of hydrogen-bond acceptors (Lipinski definition) is 3. The van der Waals surface area contributed by atoms with Gasteiger partial charge in [-0.15, -0.1) is 0 Å². The Hall–Kier alpha value is -0.180. The zero-order chi connectivity index (χ0) is 11.1. The third-order valence-electron chi connectivity index (χ3n) is 2.67. The van der Waals surface area contributed by atoms with Crippen LogP contribution in [0, 0.1) is 0 Å². The Balaban J connectivity index is 2.32. The highest BCUT2D eigenvalue weighted by Gasteiger charge is 2.16. The molecule has 15 heavy (non-hydrogen) atoms. The lowest BCUT2D eigenvalue weighted by Gasteiger charge is -2.18. The smallest absolute Gasteiger partial charge is 0.157 e. The van der Waals surface area contributed by atoms with Crippen molar-refractivity contribution in [3.63, 3.8) is 0 Å². The molecule has 1 aliphatic heterocycles. The predicted octanol–water partition coefficient (Wildman–Crippen LogP) is 3.43. The highest BCUT2D eigenvalue weighted by molar-refractivity contribution is 8.14. The van der Waals surface area contributed by atoms with Crippen LogP contribution in [0.5, 0.6) is 0 Å². The van der Waals surface area contributed by atoms with Crippen LogP contribution in [0.1, 0.15) is 52.9 Å². The Morgan fingerprint density at radius 3 is 2.73 bits per heavy atom. The molecule has 1 rings (SSSR count). The van der Waals surface area contributed by atoms with Crippen LogP contribution in [0.4, 0.5) is 0 Å². The topological polar surface area (TPSA) is 24.4 Å². The minimum absolute atomic E-state index is 0.506. The number of nitrogens with one attached hydrogen (secondary N) is 1. The zero-order valence-electron chi connectivity index (χ0n) is 10.3. The third-order valence-corrected chi connectivity index (χ3v) is 3.82. The first kappa shape index (κ1) is 12.9. The van der Waals surface area contributed by atoms with Crippen LogP contribution in [0.3, 0.4) is 0 Å². The highest BCUT2D eigenvalue weighted by atomic mass is 32.2. The van der Waals surface area contributed by atoms with Gasteiger partial charge in [-0.1, -0.05) is 44.9 Å². The van der Waals surface area contributed by atoms with E-state index in [2.05, 4.69) is 31.1 Å². The van der Waals surface area contributed by atoms with Crippen LogP contribution in [-0.4, -0.2) is 23.0 Å². The molecule has 2 atom stereocenters. The van der Waals surface area contributed by atoms with Crippen molar-refractivity contribution >= 4 is 16.9 Å². The summed E-state index contributed by atoms with van der Waals surface area (Å²) in [5, 5.41) is 4.77. The maximum absolute atomic E-state index is 4.59. The molecule has 88 valence electrons. The molecule has 2 nitrogen and oxygen atoms in total. The van der Waals surface area contributed by atoms with E-state index in [1.54, 1.807) is 0 Å². The van der Waals surface area contributed by atoms with Crippen LogP contribution in [0.25, 0.3) is 0 Å². The first-order chi connectivity index (χ1) is 7.26. The molecule has 0 aliphatic carbocycles. The van der Waals surface area contributed by atoms with E-state index in [-0.39, 0.29) is 0 Å². The number of nitrogens with zero attached hydrogens (tertiary/aromatic N) is 1. The Labute approximate surface area is 98.3 Å². The van der Waals surface area contributed by atoms with Gasteiger partial charge >= 0.3 is 0 Å². The number of rotatable bonds is 6. The summed E-state index contributed by atoms with van der Waals surface area (Å²) in [5.41, 5.74) is 0. The lowest BCUT2D eigenvalue weighted by Crippen LogP contribution is -2.32. The van der Waals surface area contributed by atoms with Crippen LogP contribution in [0.2, 0.25) is 0 Å². The second-order valence-corrected chi connectivity index (χ2v) is 5.38. The first-order valence-electron chi connectivity index (χ1n) is 6.23. The molecular formula is C12H24N2S. The molecule has 2 unspecified atom stereocenters. The van der Waals surface area contributed by atoms with Gasteiger partial charge in [0.2, 0.25) is 0 Å². The Morgan fingerprint density at radius 2 is 2.20 bits per heavy atom. The minimum Gasteiger partial charge on any atom is -0.362 e. The summed E-state index contributed by atoms with van der Waals surface area (Å²) in [6.45, 7) is 6.70. The summed E-state index contributed by atoms with van der Waals surface area (Å²) in [7, 11) is 0. The average molecular weight is 228 g/mol. The summed E-state index contributed by atoms with van der Waals surface area (Å²) in [5.74, 6) is 1.15. The maximum Gasteiger partial charge on any atom is 0.157 e. The quantitative estimate of drug-likeness (QED) is 0.753. The number of thioether (sulfide) groups is 1. The monoisotopic (exact) mass is 228 g/mol. The molecule has 0 bridgehead atoms. The van der Waals surface area contributed by atoms with Gasteiger partial charge in [0.1, 0.15) is 0 Å². The predicted molar refractivity (Wildman–Crippen MR) is 70.7 cm³/mol. The molecule has 0 aromatic carbocycles. The van der Waals surface area contributed by atoms with Crippen molar-refractivity contribution in [3.8, 4) is 0 Å². The lowest BCUT2D eigenvalue weighted by atomic mass is 10.1. The number of amidine groups is 1. The fourth-order valence-electron chi connectivity index (χ4n) is 1.82. The fourth-order valence-corrected chi connectivity index (χ4v) is 2.79. The molecule has 0 saturated heterocycles. The van der Waals surface area contributed by atoms with Crippen LogP contribution >= 0.6 is 11.8 Å². The summed E-state index contributed by atoms with van der Waals surface area (Å²) in [4.78, 5) is 4.59. The highest BCUT2D eigenvalue weighted by Crippen LogP contribution is 2.17. The Bertz CT molecular complexity index is 204. The molecule has 0 fully saturated rings. The SMILES string of the molecule is CCCCC(CCC)NC1=NC(C)CS1. The molecule has 0 saturated carbocycles. The van der Waals surface area contributed by atoms with Crippen LogP contribution in [0.15, 0.2) is 4.99 Å². The normalized spacial score (nSPS) is 22.6. The molecule has 1 heterocycles. The van der Waals surface area contributed by atoms with Gasteiger partial charge in [-0.3, -0.25) is 4.99 Å². The molecule has 0 amide bonds. The number of aliphatic imine (C=N–C) groups is 1. The van der Waals surface area contributed by atoms with Gasteiger partial charge < -0.3 is 5.32 Å². The summed E-state index contributed by atoms with van der Waals surface area (Å²) in [6.07, 6.45) is 6.43. The van der Waals surface area contributed by atoms with Crippen LogP contribution in [-0.2, 0) is 0 Å². The number of unbranched alkanes of at least 4 members (excludes halogenated alkanes) is 1. The maximum atomic E-state index is 4.59. The van der Waals surface area contributed by atoms with Gasteiger partial charge in [0, 0.05) is 11.8 Å². The van der Waals surface area contributed by atoms with Gasteiger partial charge in [0.15, 0.2) is 5.17 Å². The molecule has 1 aliphatic rings. The largest absolute Gasteiger partial charge is 0.362 e. The van der Waals surface area contributed by atoms with Gasteiger partial charge in [-0.05, 0) is 19.8 Å². The molecule has 1 N–H and O–H groups in total. The molecule has 0 aromatic heterocycles. The van der Waals surface area contributed by atoms with E-state index < -0.39 is 0 Å². The Kier molecular flexibility index (Phi) is 6.15. The molecule has 0 aromatic rings.